The molecule has 0 spiro atoms. The van der Waals surface area contributed by atoms with Gasteiger partial charge in [0.25, 0.3) is 0 Å². The normalized spacial score (nSPS) is 18.8. The van der Waals surface area contributed by atoms with Crippen LogP contribution in [0.4, 0.5) is 4.39 Å². The van der Waals surface area contributed by atoms with Gasteiger partial charge in [0.2, 0.25) is 0 Å². The summed E-state index contributed by atoms with van der Waals surface area (Å²) < 4.78 is 13.2. The van der Waals surface area contributed by atoms with Crippen LogP contribution in [0.3, 0.4) is 0 Å². The van der Waals surface area contributed by atoms with Crippen molar-refractivity contribution in [1.82, 2.24) is 5.32 Å². The molecule has 0 heterocycles. The first-order valence-electron chi connectivity index (χ1n) is 6.76. The molecule has 1 aliphatic rings. The standard InChI is InChI=1S/C15H22FNO/c1-12-5-6-14(16)9-13(12)10-17-15(11-18)7-3-2-4-8-15/h5-6,9,17-18H,2-4,7-8,10-11H2,1H3. The van der Waals surface area contributed by atoms with Gasteiger partial charge in [-0.15, -0.1) is 0 Å². The molecule has 18 heavy (non-hydrogen) atoms. The fourth-order valence-corrected chi connectivity index (χ4v) is 2.73. The van der Waals surface area contributed by atoms with E-state index in [1.165, 1.54) is 12.5 Å². The highest BCUT2D eigenvalue weighted by atomic mass is 19.1. The Morgan fingerprint density at radius 1 is 1.28 bits per heavy atom. The fourth-order valence-electron chi connectivity index (χ4n) is 2.73. The monoisotopic (exact) mass is 251 g/mol. The second-order valence-corrected chi connectivity index (χ2v) is 5.42. The second kappa shape index (κ2) is 5.81. The lowest BCUT2D eigenvalue weighted by Gasteiger charge is -2.37. The molecule has 1 aromatic rings. The maximum absolute atomic E-state index is 13.2. The van der Waals surface area contributed by atoms with Gasteiger partial charge in [-0.2, -0.15) is 0 Å². The van der Waals surface area contributed by atoms with Crippen LogP contribution in [0.2, 0.25) is 0 Å². The lowest BCUT2D eigenvalue weighted by molar-refractivity contribution is 0.119. The number of hydrogen-bond donors (Lipinski definition) is 2. The summed E-state index contributed by atoms with van der Waals surface area (Å²) in [5, 5.41) is 13.1. The number of aliphatic hydroxyl groups excluding tert-OH is 1. The number of aliphatic hydroxyl groups is 1. The van der Waals surface area contributed by atoms with E-state index in [0.29, 0.717) is 6.54 Å². The van der Waals surface area contributed by atoms with E-state index in [1.54, 1.807) is 12.1 Å². The number of benzene rings is 1. The van der Waals surface area contributed by atoms with E-state index in [-0.39, 0.29) is 18.0 Å². The van der Waals surface area contributed by atoms with Crippen LogP contribution in [0.5, 0.6) is 0 Å². The molecule has 1 aliphatic carbocycles. The Balaban J connectivity index is 2.03. The molecule has 0 aliphatic heterocycles. The topological polar surface area (TPSA) is 32.3 Å². The van der Waals surface area contributed by atoms with Crippen LogP contribution in [-0.4, -0.2) is 17.3 Å². The van der Waals surface area contributed by atoms with Crippen molar-refractivity contribution in [1.29, 1.82) is 0 Å². The first-order valence-corrected chi connectivity index (χ1v) is 6.76. The Hall–Kier alpha value is -0.930. The fraction of sp³-hybridized carbons (Fsp3) is 0.600. The van der Waals surface area contributed by atoms with Crippen molar-refractivity contribution < 1.29 is 9.50 Å². The van der Waals surface area contributed by atoms with Gasteiger partial charge in [0.15, 0.2) is 0 Å². The van der Waals surface area contributed by atoms with Gasteiger partial charge in [-0.3, -0.25) is 0 Å². The van der Waals surface area contributed by atoms with E-state index < -0.39 is 0 Å². The molecule has 1 saturated carbocycles. The predicted octanol–water partition coefficient (Wildman–Crippen LogP) is 2.92. The Kier molecular flexibility index (Phi) is 4.36. The molecular weight excluding hydrogens is 229 g/mol. The third kappa shape index (κ3) is 3.09. The number of nitrogens with one attached hydrogen (secondary N) is 1. The Bertz CT molecular complexity index is 399. The van der Waals surface area contributed by atoms with Gasteiger partial charge in [-0.1, -0.05) is 25.3 Å². The highest BCUT2D eigenvalue weighted by Crippen LogP contribution is 2.28. The molecule has 2 nitrogen and oxygen atoms in total. The highest BCUT2D eigenvalue weighted by Gasteiger charge is 2.30. The van der Waals surface area contributed by atoms with Gasteiger partial charge in [0, 0.05) is 12.1 Å². The van der Waals surface area contributed by atoms with E-state index >= 15 is 0 Å². The van der Waals surface area contributed by atoms with E-state index in [1.807, 2.05) is 6.92 Å². The largest absolute Gasteiger partial charge is 0.394 e. The van der Waals surface area contributed by atoms with Crippen LogP contribution in [0, 0.1) is 12.7 Å². The molecule has 0 radical (unpaired) electrons. The van der Waals surface area contributed by atoms with Crippen molar-refractivity contribution in [3.63, 3.8) is 0 Å². The van der Waals surface area contributed by atoms with Crippen molar-refractivity contribution in [2.24, 2.45) is 0 Å². The van der Waals surface area contributed by atoms with Gasteiger partial charge in [-0.05, 0) is 43.0 Å². The summed E-state index contributed by atoms with van der Waals surface area (Å²) in [6, 6.07) is 4.87. The molecule has 1 aromatic carbocycles. The average Bonchev–Trinajstić information content (AvgIpc) is 2.41. The molecule has 0 aromatic heterocycles. The number of hydrogen-bond acceptors (Lipinski definition) is 2. The van der Waals surface area contributed by atoms with Crippen LogP contribution < -0.4 is 5.32 Å². The summed E-state index contributed by atoms with van der Waals surface area (Å²) in [4.78, 5) is 0. The van der Waals surface area contributed by atoms with Gasteiger partial charge in [-0.25, -0.2) is 4.39 Å². The van der Waals surface area contributed by atoms with Crippen molar-refractivity contribution in [3.05, 3.63) is 35.1 Å². The molecule has 1 fully saturated rings. The Labute approximate surface area is 108 Å². The summed E-state index contributed by atoms with van der Waals surface area (Å²) in [6.45, 7) is 2.79. The SMILES string of the molecule is Cc1ccc(F)cc1CNC1(CO)CCCCC1. The molecule has 0 unspecified atom stereocenters. The zero-order valence-corrected chi connectivity index (χ0v) is 11.0. The lowest BCUT2D eigenvalue weighted by Crippen LogP contribution is -2.49. The molecule has 100 valence electrons. The second-order valence-electron chi connectivity index (χ2n) is 5.42. The minimum atomic E-state index is -0.195. The highest BCUT2D eigenvalue weighted by molar-refractivity contribution is 5.26. The minimum Gasteiger partial charge on any atom is -0.394 e. The molecule has 0 saturated heterocycles. The summed E-state index contributed by atoms with van der Waals surface area (Å²) in [5.74, 6) is -0.195. The average molecular weight is 251 g/mol. The van der Waals surface area contributed by atoms with E-state index in [9.17, 15) is 9.50 Å². The van der Waals surface area contributed by atoms with Gasteiger partial charge in [0.1, 0.15) is 5.82 Å². The van der Waals surface area contributed by atoms with Crippen LogP contribution in [0.25, 0.3) is 0 Å². The number of aryl methyl sites for hydroxylation is 1. The van der Waals surface area contributed by atoms with E-state index in [2.05, 4.69) is 5.32 Å². The van der Waals surface area contributed by atoms with Crippen LogP contribution >= 0.6 is 0 Å². The zero-order valence-electron chi connectivity index (χ0n) is 11.0. The van der Waals surface area contributed by atoms with Crippen molar-refractivity contribution >= 4 is 0 Å². The molecule has 0 atom stereocenters. The van der Waals surface area contributed by atoms with Crippen molar-refractivity contribution in [2.45, 2.75) is 51.1 Å². The smallest absolute Gasteiger partial charge is 0.123 e. The molecule has 0 bridgehead atoms. The lowest BCUT2D eigenvalue weighted by atomic mass is 9.82. The van der Waals surface area contributed by atoms with Gasteiger partial charge < -0.3 is 10.4 Å². The predicted molar refractivity (Wildman–Crippen MR) is 70.9 cm³/mol. The molecular formula is C15H22FNO. The Morgan fingerprint density at radius 2 is 2.00 bits per heavy atom. The summed E-state index contributed by atoms with van der Waals surface area (Å²) >= 11 is 0. The molecule has 2 N–H and O–H groups in total. The number of halogens is 1. The van der Waals surface area contributed by atoms with Crippen LogP contribution in [0.1, 0.15) is 43.2 Å². The van der Waals surface area contributed by atoms with Crippen molar-refractivity contribution in [2.75, 3.05) is 6.61 Å². The van der Waals surface area contributed by atoms with E-state index in [4.69, 9.17) is 0 Å². The quantitative estimate of drug-likeness (QED) is 0.862. The molecule has 0 amide bonds. The first kappa shape index (κ1) is 13.5. The van der Waals surface area contributed by atoms with Crippen LogP contribution in [-0.2, 0) is 6.54 Å². The first-order chi connectivity index (χ1) is 8.65. The minimum absolute atomic E-state index is 0.156. The van der Waals surface area contributed by atoms with Gasteiger partial charge in [0.05, 0.1) is 6.61 Å². The van der Waals surface area contributed by atoms with Crippen LogP contribution in [0.15, 0.2) is 18.2 Å². The molecule has 3 heteroatoms. The zero-order chi connectivity index (χ0) is 13.0. The Morgan fingerprint density at radius 3 is 2.67 bits per heavy atom. The summed E-state index contributed by atoms with van der Waals surface area (Å²) in [7, 11) is 0. The summed E-state index contributed by atoms with van der Waals surface area (Å²) in [6.07, 6.45) is 5.60. The third-order valence-electron chi connectivity index (χ3n) is 4.08. The maximum atomic E-state index is 13.2. The molecule has 2 rings (SSSR count). The van der Waals surface area contributed by atoms with E-state index in [0.717, 1.165) is 36.8 Å². The third-order valence-corrected chi connectivity index (χ3v) is 4.08. The maximum Gasteiger partial charge on any atom is 0.123 e. The number of rotatable bonds is 4. The van der Waals surface area contributed by atoms with Crippen molar-refractivity contribution in [3.8, 4) is 0 Å². The van der Waals surface area contributed by atoms with Gasteiger partial charge >= 0.3 is 0 Å². The summed E-state index contributed by atoms with van der Waals surface area (Å²) in [5.41, 5.74) is 1.91.